The van der Waals surface area contributed by atoms with E-state index >= 15 is 0 Å². The summed E-state index contributed by atoms with van der Waals surface area (Å²) in [5.41, 5.74) is 0.886. The van der Waals surface area contributed by atoms with Gasteiger partial charge in [-0.25, -0.2) is 4.79 Å². The maximum Gasteiger partial charge on any atom is 0.411 e. The van der Waals surface area contributed by atoms with E-state index in [1.165, 1.54) is 0 Å². The number of ether oxygens (including phenoxy) is 1. The molecule has 0 heterocycles. The van der Waals surface area contributed by atoms with Gasteiger partial charge in [-0.2, -0.15) is 5.26 Å². The number of amides is 1. The lowest BCUT2D eigenvalue weighted by molar-refractivity contribution is 0.00810. The topological polar surface area (TPSA) is 53.3 Å². The molecule has 2 rings (SSSR count). The number of hydrogen-bond donors (Lipinski definition) is 0. The van der Waals surface area contributed by atoms with Crippen LogP contribution >= 0.6 is 0 Å². The molecular formula is C24H30N2O2. The van der Waals surface area contributed by atoms with E-state index in [2.05, 4.69) is 6.07 Å². The van der Waals surface area contributed by atoms with Gasteiger partial charge in [0.1, 0.15) is 6.07 Å². The van der Waals surface area contributed by atoms with E-state index in [1.807, 2.05) is 88.4 Å². The zero-order chi connectivity index (χ0) is 20.6. The van der Waals surface area contributed by atoms with Crippen LogP contribution in [0, 0.1) is 11.3 Å². The molecule has 2 aromatic rings. The van der Waals surface area contributed by atoms with Crippen LogP contribution in [0.5, 0.6) is 0 Å². The Morgan fingerprint density at radius 1 is 0.964 bits per heavy atom. The quantitative estimate of drug-likeness (QED) is 0.620. The van der Waals surface area contributed by atoms with Crippen LogP contribution in [0.3, 0.4) is 0 Å². The number of hydrogen-bond acceptors (Lipinski definition) is 3. The van der Waals surface area contributed by atoms with Crippen LogP contribution < -0.4 is 0 Å². The molecule has 0 unspecified atom stereocenters. The number of nitrogens with zero attached hydrogens (tertiary/aromatic N) is 2. The molecule has 0 N–H and O–H groups in total. The Morgan fingerprint density at radius 3 is 1.93 bits per heavy atom. The lowest BCUT2D eigenvalue weighted by Gasteiger charge is -2.34. The minimum Gasteiger partial charge on any atom is -0.427 e. The number of nitriles is 1. The van der Waals surface area contributed by atoms with Gasteiger partial charge in [-0.15, -0.1) is 0 Å². The van der Waals surface area contributed by atoms with Crippen LogP contribution in [0.1, 0.15) is 45.2 Å². The summed E-state index contributed by atoms with van der Waals surface area (Å²) in [6.07, 6.45) is 1.04. The first kappa shape index (κ1) is 21.5. The van der Waals surface area contributed by atoms with Crippen molar-refractivity contribution in [1.29, 1.82) is 5.26 Å². The molecule has 0 aliphatic carbocycles. The van der Waals surface area contributed by atoms with Crippen molar-refractivity contribution in [3.8, 4) is 6.07 Å². The summed E-state index contributed by atoms with van der Waals surface area (Å²) in [5.74, 6) is 0. The first-order valence-corrected chi connectivity index (χ1v) is 9.87. The van der Waals surface area contributed by atoms with Crippen molar-refractivity contribution in [3.05, 3.63) is 71.8 Å². The average Bonchev–Trinajstić information content (AvgIpc) is 2.67. The number of aryl methyl sites for hydroxylation is 1. The zero-order valence-corrected chi connectivity index (χ0v) is 17.3. The van der Waals surface area contributed by atoms with E-state index in [-0.39, 0.29) is 12.1 Å². The van der Waals surface area contributed by atoms with Gasteiger partial charge >= 0.3 is 6.09 Å². The van der Waals surface area contributed by atoms with Crippen LogP contribution in [0.15, 0.2) is 60.7 Å². The third-order valence-electron chi connectivity index (χ3n) is 4.80. The molecule has 0 saturated carbocycles. The van der Waals surface area contributed by atoms with Crippen molar-refractivity contribution in [2.45, 2.75) is 64.6 Å². The summed E-state index contributed by atoms with van der Waals surface area (Å²) < 4.78 is 5.92. The van der Waals surface area contributed by atoms with Crippen molar-refractivity contribution in [2.75, 3.05) is 0 Å². The highest BCUT2D eigenvalue weighted by Crippen LogP contribution is 2.26. The highest BCUT2D eigenvalue weighted by molar-refractivity contribution is 5.69. The van der Waals surface area contributed by atoms with Crippen molar-refractivity contribution >= 4 is 6.09 Å². The minimum absolute atomic E-state index is 0.00487. The second-order valence-corrected chi connectivity index (χ2v) is 7.72. The van der Waals surface area contributed by atoms with Crippen LogP contribution in [0.4, 0.5) is 4.79 Å². The molecule has 1 atom stereocenters. The average molecular weight is 379 g/mol. The summed E-state index contributed by atoms with van der Waals surface area (Å²) in [7, 11) is 0. The van der Waals surface area contributed by atoms with Gasteiger partial charge in [0, 0.05) is 24.9 Å². The van der Waals surface area contributed by atoms with Gasteiger partial charge in [-0.3, -0.25) is 0 Å². The molecule has 0 fully saturated rings. The molecule has 0 saturated heterocycles. The molecule has 0 aromatic heterocycles. The molecule has 28 heavy (non-hydrogen) atoms. The summed E-state index contributed by atoms with van der Waals surface area (Å²) in [4.78, 5) is 14.6. The second kappa shape index (κ2) is 9.94. The first-order valence-electron chi connectivity index (χ1n) is 9.87. The highest BCUT2D eigenvalue weighted by atomic mass is 16.6. The predicted octanol–water partition coefficient (Wildman–Crippen LogP) is 5.38. The van der Waals surface area contributed by atoms with Gasteiger partial charge in [-0.1, -0.05) is 60.7 Å². The molecule has 0 aliphatic heterocycles. The molecule has 148 valence electrons. The number of carbonyl (C=O) groups excluding carboxylic acids is 1. The fourth-order valence-electron chi connectivity index (χ4n) is 3.45. The maximum absolute atomic E-state index is 13.0. The standard InChI is InChI=1S/C24H30N2O2/c1-19(2)26(20(3)4)23(27)28-24(18-25,17-22-13-9-6-10-14-22)16-15-21-11-7-5-8-12-21/h5-14,19-20H,15-17H2,1-4H3/t24-/m0/s1. The molecule has 1 amide bonds. The first-order chi connectivity index (χ1) is 13.4. The van der Waals surface area contributed by atoms with Gasteiger partial charge in [-0.05, 0) is 45.2 Å². The molecule has 0 aliphatic rings. The number of carbonyl (C=O) groups is 1. The van der Waals surface area contributed by atoms with Crippen LogP contribution in [-0.2, 0) is 17.6 Å². The van der Waals surface area contributed by atoms with E-state index in [4.69, 9.17) is 4.74 Å². The Bertz CT molecular complexity index is 773. The van der Waals surface area contributed by atoms with Crippen LogP contribution in [-0.4, -0.2) is 28.7 Å². The van der Waals surface area contributed by atoms with Gasteiger partial charge in [0.05, 0.1) is 0 Å². The Morgan fingerprint density at radius 2 is 1.46 bits per heavy atom. The van der Waals surface area contributed by atoms with Gasteiger partial charge < -0.3 is 9.64 Å². The summed E-state index contributed by atoms with van der Waals surface area (Å²) in [5, 5.41) is 10.1. The molecule has 4 nitrogen and oxygen atoms in total. The van der Waals surface area contributed by atoms with Gasteiger partial charge in [0.15, 0.2) is 0 Å². The van der Waals surface area contributed by atoms with E-state index in [0.717, 1.165) is 11.1 Å². The van der Waals surface area contributed by atoms with Crippen LogP contribution in [0.25, 0.3) is 0 Å². The van der Waals surface area contributed by atoms with Crippen LogP contribution in [0.2, 0.25) is 0 Å². The zero-order valence-electron chi connectivity index (χ0n) is 17.3. The Balaban J connectivity index is 2.28. The monoisotopic (exact) mass is 378 g/mol. The molecule has 0 radical (unpaired) electrons. The van der Waals surface area contributed by atoms with E-state index < -0.39 is 11.7 Å². The summed E-state index contributed by atoms with van der Waals surface area (Å²) in [6.45, 7) is 7.82. The summed E-state index contributed by atoms with van der Waals surface area (Å²) in [6, 6.07) is 22.0. The fourth-order valence-corrected chi connectivity index (χ4v) is 3.45. The smallest absolute Gasteiger partial charge is 0.411 e. The Kier molecular flexibility index (Phi) is 7.63. The van der Waals surface area contributed by atoms with E-state index in [1.54, 1.807) is 4.90 Å². The molecule has 4 heteroatoms. The number of rotatable bonds is 8. The normalized spacial score (nSPS) is 13.0. The molecule has 0 spiro atoms. The third-order valence-corrected chi connectivity index (χ3v) is 4.80. The Hall–Kier alpha value is -2.80. The Labute approximate surface area is 168 Å². The molecule has 0 bridgehead atoms. The van der Waals surface area contributed by atoms with Crippen molar-refractivity contribution < 1.29 is 9.53 Å². The second-order valence-electron chi connectivity index (χ2n) is 7.72. The van der Waals surface area contributed by atoms with Gasteiger partial charge in [0.25, 0.3) is 0 Å². The van der Waals surface area contributed by atoms with Crippen molar-refractivity contribution in [1.82, 2.24) is 4.90 Å². The van der Waals surface area contributed by atoms with E-state index in [0.29, 0.717) is 19.3 Å². The number of benzene rings is 2. The highest BCUT2D eigenvalue weighted by Gasteiger charge is 2.37. The predicted molar refractivity (Wildman–Crippen MR) is 112 cm³/mol. The summed E-state index contributed by atoms with van der Waals surface area (Å²) >= 11 is 0. The largest absolute Gasteiger partial charge is 0.427 e. The fraction of sp³-hybridized carbons (Fsp3) is 0.417. The molecule has 2 aromatic carbocycles. The van der Waals surface area contributed by atoms with E-state index in [9.17, 15) is 10.1 Å². The lowest BCUT2D eigenvalue weighted by atomic mass is 9.89. The van der Waals surface area contributed by atoms with Gasteiger partial charge in [0.2, 0.25) is 5.60 Å². The SMILES string of the molecule is CC(C)N(C(=O)O[C@@](C#N)(CCc1ccccc1)Cc1ccccc1)C(C)C. The van der Waals surface area contributed by atoms with Crippen molar-refractivity contribution in [2.24, 2.45) is 0 Å². The molecular weight excluding hydrogens is 348 g/mol. The lowest BCUT2D eigenvalue weighted by Crippen LogP contribution is -2.47. The third kappa shape index (κ3) is 5.85. The minimum atomic E-state index is -1.21. The maximum atomic E-state index is 13.0. The van der Waals surface area contributed by atoms with Crippen molar-refractivity contribution in [3.63, 3.8) is 0 Å².